The number of nitriles is 1. The molecule has 0 radical (unpaired) electrons. The molecule has 0 saturated carbocycles. The van der Waals surface area contributed by atoms with Gasteiger partial charge in [0.1, 0.15) is 66.4 Å². The first kappa shape index (κ1) is 56.4. The number of aliphatic hydroxyl groups excluding tert-OH is 1. The Balaban J connectivity index is 1.24. The monoisotopic (exact) mass is 1070 g/mol. The molecule has 25 heteroatoms. The molecule has 2 aromatic heterocycles. The maximum atomic E-state index is 15.1. The number of hydrogen-bond donors (Lipinski definition) is 4. The zero-order chi connectivity index (χ0) is 54.6. The van der Waals surface area contributed by atoms with E-state index in [2.05, 4.69) is 15.3 Å². The van der Waals surface area contributed by atoms with Gasteiger partial charge in [0.25, 0.3) is 11.1 Å². The van der Waals surface area contributed by atoms with E-state index in [1.807, 2.05) is 60.7 Å². The number of phosphoric acid groups is 1. The Hall–Kier alpha value is -7.33. The maximum Gasteiger partial charge on any atom is 0.475 e. The Morgan fingerprint density at radius 1 is 0.789 bits per heavy atom. The summed E-state index contributed by atoms with van der Waals surface area (Å²) >= 11 is 0. The fourth-order valence-corrected chi connectivity index (χ4v) is 10.0. The Morgan fingerprint density at radius 2 is 1.36 bits per heavy atom. The van der Waals surface area contributed by atoms with E-state index in [0.29, 0.717) is 28.2 Å². The minimum atomic E-state index is -4.92. The van der Waals surface area contributed by atoms with Crippen molar-refractivity contribution in [1.29, 1.82) is 5.26 Å². The van der Waals surface area contributed by atoms with E-state index in [0.717, 1.165) is 15.3 Å². The van der Waals surface area contributed by atoms with Crippen molar-refractivity contribution in [2.75, 3.05) is 40.6 Å². The van der Waals surface area contributed by atoms with Gasteiger partial charge in [-0.1, -0.05) is 54.6 Å². The summed E-state index contributed by atoms with van der Waals surface area (Å²) in [7, 11) is -1.84. The number of Topliss-reactive ketones (excluding diaryl/α,β-unsaturated/α-hetero) is 1. The molecule has 2 saturated heterocycles. The van der Waals surface area contributed by atoms with Crippen LogP contribution in [0.5, 0.6) is 11.5 Å². The first-order chi connectivity index (χ1) is 36.5. The Bertz CT molecular complexity index is 3120. The molecule has 24 nitrogen and oxygen atoms in total. The summed E-state index contributed by atoms with van der Waals surface area (Å²) in [6, 6.07) is 25.6. The van der Waals surface area contributed by atoms with Gasteiger partial charge in [-0.15, -0.1) is 0 Å². The zero-order valence-electron chi connectivity index (χ0n) is 41.9. The van der Waals surface area contributed by atoms with Crippen LogP contribution < -0.4 is 37.3 Å². The lowest BCUT2D eigenvalue weighted by atomic mass is 9.80. The molecule has 76 heavy (non-hydrogen) atoms. The number of H-pyrrole nitrogens is 2. The fourth-order valence-electron chi connectivity index (χ4n) is 8.61. The van der Waals surface area contributed by atoms with Crippen molar-refractivity contribution in [2.45, 2.75) is 95.0 Å². The lowest BCUT2D eigenvalue weighted by Gasteiger charge is -2.37. The van der Waals surface area contributed by atoms with Gasteiger partial charge in [-0.3, -0.25) is 51.9 Å². The highest BCUT2D eigenvalue weighted by molar-refractivity contribution is 7.48. The SMILES string of the molecule is COc1ccc(C(OC[C@H]2O[C@@H](n3cc(C)c(=O)[nH]c3=O)CC2OP(=O)(OCCC#N)OC[C@H]2O[C@@H](n3cc(CNC(=O)CO)c(=O)[nH]c3=O)CC2OC(=O)CCC(C)=O)(c2ccccc2)c2ccc(OC)cc2)cc1. The van der Waals surface area contributed by atoms with Crippen molar-refractivity contribution < 1.29 is 66.0 Å². The van der Waals surface area contributed by atoms with Crippen LogP contribution >= 0.6 is 7.82 Å². The number of hydrogen-bond acceptors (Lipinski definition) is 19. The topological polar surface area (TPSA) is 317 Å². The smallest absolute Gasteiger partial charge is 0.475 e. The number of aromatic nitrogens is 4. The number of esters is 1. The summed E-state index contributed by atoms with van der Waals surface area (Å²) < 4.78 is 71.9. The van der Waals surface area contributed by atoms with E-state index in [1.165, 1.54) is 34.3 Å². The number of amides is 1. The van der Waals surface area contributed by atoms with Crippen molar-refractivity contribution in [2.24, 2.45) is 0 Å². The number of aromatic amines is 2. The van der Waals surface area contributed by atoms with Crippen molar-refractivity contribution in [3.8, 4) is 17.6 Å². The third kappa shape index (κ3) is 13.5. The number of benzene rings is 3. The zero-order valence-corrected chi connectivity index (χ0v) is 42.8. The molecular weight excluding hydrogens is 1020 g/mol. The van der Waals surface area contributed by atoms with Gasteiger partial charge in [-0.05, 0) is 54.8 Å². The van der Waals surface area contributed by atoms with E-state index >= 15 is 4.57 Å². The Labute approximate surface area is 434 Å². The number of methoxy groups -OCH3 is 2. The first-order valence-corrected chi connectivity index (χ1v) is 25.4. The number of rotatable bonds is 25. The highest BCUT2D eigenvalue weighted by Gasteiger charge is 2.48. The number of nitrogens with one attached hydrogen (secondary N) is 3. The lowest BCUT2D eigenvalue weighted by molar-refractivity contribution is -0.153. The third-order valence-corrected chi connectivity index (χ3v) is 14.0. The van der Waals surface area contributed by atoms with Gasteiger partial charge in [0.15, 0.2) is 0 Å². The second-order valence-corrected chi connectivity index (χ2v) is 19.3. The molecule has 4 N–H and O–H groups in total. The van der Waals surface area contributed by atoms with Crippen LogP contribution in [-0.2, 0) is 63.6 Å². The molecule has 7 rings (SSSR count). The largest absolute Gasteiger partial charge is 0.497 e. The van der Waals surface area contributed by atoms with Crippen LogP contribution in [0.15, 0.2) is 110 Å². The van der Waals surface area contributed by atoms with E-state index in [1.54, 1.807) is 24.3 Å². The van der Waals surface area contributed by atoms with Crippen molar-refractivity contribution in [3.63, 3.8) is 0 Å². The van der Waals surface area contributed by atoms with Crippen LogP contribution in [0, 0.1) is 18.3 Å². The van der Waals surface area contributed by atoms with Gasteiger partial charge >= 0.3 is 25.2 Å². The fraction of sp³-hybridized carbons (Fsp3) is 0.412. The number of nitrogens with zero attached hydrogens (tertiary/aromatic N) is 3. The molecule has 0 aliphatic carbocycles. The number of aliphatic hydroxyl groups is 1. The highest BCUT2D eigenvalue weighted by Crippen LogP contribution is 2.54. The summed E-state index contributed by atoms with van der Waals surface area (Å²) in [5, 5.41) is 21.0. The molecule has 2 aliphatic heterocycles. The van der Waals surface area contributed by atoms with E-state index in [9.17, 15) is 38.8 Å². The second-order valence-electron chi connectivity index (χ2n) is 17.6. The van der Waals surface area contributed by atoms with Crippen molar-refractivity contribution >= 4 is 25.5 Å². The lowest BCUT2D eigenvalue weighted by Crippen LogP contribution is -2.38. The third-order valence-electron chi connectivity index (χ3n) is 12.5. The van der Waals surface area contributed by atoms with Crippen LogP contribution in [0.25, 0.3) is 0 Å². The maximum absolute atomic E-state index is 15.1. The van der Waals surface area contributed by atoms with Crippen molar-refractivity contribution in [3.05, 3.63) is 161 Å². The molecule has 4 heterocycles. The minimum absolute atomic E-state index is 0.104. The number of ketones is 1. The van der Waals surface area contributed by atoms with Gasteiger partial charge in [0.2, 0.25) is 5.91 Å². The molecule has 2 aliphatic rings. The van der Waals surface area contributed by atoms with E-state index < -0.39 is 104 Å². The van der Waals surface area contributed by atoms with Crippen molar-refractivity contribution in [1.82, 2.24) is 24.4 Å². The van der Waals surface area contributed by atoms with Gasteiger partial charge in [-0.2, -0.15) is 5.26 Å². The highest BCUT2D eigenvalue weighted by atomic mass is 31.2. The molecule has 3 unspecified atom stereocenters. The summed E-state index contributed by atoms with van der Waals surface area (Å²) in [6.07, 6.45) is -6.32. The van der Waals surface area contributed by atoms with Crippen LogP contribution in [0.2, 0.25) is 0 Å². The predicted octanol–water partition coefficient (Wildman–Crippen LogP) is 3.33. The first-order valence-electron chi connectivity index (χ1n) is 24.0. The molecule has 404 valence electrons. The standard InChI is InChI=1S/C51H57N6O18P/c1-31-26-56(49(64)54-47(31)62)45-24-40(41(72-45)29-69-51(34-9-6-5-7-10-34,35-12-16-37(67-3)17-13-35)36-14-18-38(68-4)19-15-36)75-76(66,70-22-8-21-52)71-30-42-39(74-46(61)20-11-32(2)59)23-44(73-42)57-27-33(25-53-43(60)28-58)48(63)55-50(57)65/h5-7,9-10,12-19,26-27,39-42,44-45,58H,8,11,20,22-25,28-30H2,1-4H3,(H,53,60)(H,54,62,64)(H,55,63,65)/t39?,40?,41-,42-,44-,45-,76?/m1/s1. The predicted molar refractivity (Wildman–Crippen MR) is 266 cm³/mol. The average molecular weight is 1070 g/mol. The van der Waals surface area contributed by atoms with Crippen LogP contribution in [0.3, 0.4) is 0 Å². The number of aryl methyl sites for hydroxylation is 1. The van der Waals surface area contributed by atoms with Gasteiger partial charge < -0.3 is 43.6 Å². The van der Waals surface area contributed by atoms with E-state index in [-0.39, 0.29) is 62.2 Å². The summed E-state index contributed by atoms with van der Waals surface area (Å²) in [5.74, 6) is -0.765. The number of carbonyl (C=O) groups excluding carboxylic acids is 3. The summed E-state index contributed by atoms with van der Waals surface area (Å²) in [4.78, 5) is 92.8. The van der Waals surface area contributed by atoms with Gasteiger partial charge in [-0.25, -0.2) is 14.2 Å². The molecule has 0 spiro atoms. The molecule has 0 bridgehead atoms. The van der Waals surface area contributed by atoms with Gasteiger partial charge in [0, 0.05) is 43.8 Å². The van der Waals surface area contributed by atoms with E-state index in [4.69, 9.17) is 47.1 Å². The molecule has 2 fully saturated rings. The summed E-state index contributed by atoms with van der Waals surface area (Å²) in [5.41, 5.74) is -2.58. The number of carbonyl (C=O) groups is 3. The normalized spacial score (nSPS) is 20.1. The molecule has 5 aromatic rings. The molecule has 3 aromatic carbocycles. The summed E-state index contributed by atoms with van der Waals surface area (Å²) in [6.45, 7) is 0.00764. The van der Waals surface area contributed by atoms with Crippen LogP contribution in [0.4, 0.5) is 0 Å². The minimum Gasteiger partial charge on any atom is -0.497 e. The van der Waals surface area contributed by atoms with Crippen LogP contribution in [0.1, 0.15) is 79.3 Å². The number of ether oxygens (including phenoxy) is 6. The Kier molecular flexibility index (Phi) is 18.9. The number of phosphoric ester groups is 1. The quantitative estimate of drug-likeness (QED) is 0.0282. The molecule has 7 atom stereocenters. The Morgan fingerprint density at radius 3 is 1.93 bits per heavy atom. The second kappa shape index (κ2) is 25.5. The molecular formula is C51H57N6O18P. The van der Waals surface area contributed by atoms with Gasteiger partial charge in [0.05, 0.1) is 58.5 Å². The average Bonchev–Trinajstić information content (AvgIpc) is 4.02. The molecule has 1 amide bonds. The van der Waals surface area contributed by atoms with Crippen LogP contribution in [-0.4, -0.2) is 107 Å².